The lowest BCUT2D eigenvalue weighted by Crippen LogP contribution is -2.04. The minimum absolute atomic E-state index is 0.972. The maximum atomic E-state index is 4.07. The molecule has 0 radical (unpaired) electrons. The van der Waals surface area contributed by atoms with Crippen molar-refractivity contribution in [2.24, 2.45) is 5.92 Å². The molecule has 1 saturated carbocycles. The van der Waals surface area contributed by atoms with Gasteiger partial charge in [-0.3, -0.25) is 0 Å². The van der Waals surface area contributed by atoms with Crippen molar-refractivity contribution in [2.75, 3.05) is 0 Å². The first kappa shape index (κ1) is 9.75. The van der Waals surface area contributed by atoms with Crippen LogP contribution in [0.5, 0.6) is 0 Å². The van der Waals surface area contributed by atoms with Crippen molar-refractivity contribution in [3.05, 3.63) is 18.7 Å². The molecule has 0 unspecified atom stereocenters. The summed E-state index contributed by atoms with van der Waals surface area (Å²) in [6, 6.07) is 0. The SMILES string of the molecule is c1cn(CCC2CCCCCC2)cn1. The van der Waals surface area contributed by atoms with Crippen molar-refractivity contribution in [1.29, 1.82) is 0 Å². The highest BCUT2D eigenvalue weighted by molar-refractivity contribution is 4.75. The lowest BCUT2D eigenvalue weighted by Gasteiger charge is -2.13. The van der Waals surface area contributed by atoms with Gasteiger partial charge < -0.3 is 4.57 Å². The van der Waals surface area contributed by atoms with E-state index < -0.39 is 0 Å². The quantitative estimate of drug-likeness (QED) is 0.672. The zero-order chi connectivity index (χ0) is 9.64. The van der Waals surface area contributed by atoms with Gasteiger partial charge in [-0.05, 0) is 12.3 Å². The number of hydrogen-bond acceptors (Lipinski definition) is 1. The average molecular weight is 192 g/mol. The molecule has 0 aliphatic heterocycles. The van der Waals surface area contributed by atoms with Crippen LogP contribution in [0.1, 0.15) is 44.9 Å². The maximum Gasteiger partial charge on any atom is 0.0945 e. The second-order valence-electron chi connectivity index (χ2n) is 4.45. The first-order valence-corrected chi connectivity index (χ1v) is 5.91. The Balaban J connectivity index is 1.73. The number of nitrogens with zero attached hydrogens (tertiary/aromatic N) is 2. The second kappa shape index (κ2) is 5.18. The second-order valence-corrected chi connectivity index (χ2v) is 4.45. The zero-order valence-electron chi connectivity index (χ0n) is 8.86. The molecule has 0 amide bonds. The van der Waals surface area contributed by atoms with Crippen LogP contribution in [0.25, 0.3) is 0 Å². The lowest BCUT2D eigenvalue weighted by atomic mass is 9.97. The van der Waals surface area contributed by atoms with Crippen LogP contribution in [0.15, 0.2) is 18.7 Å². The van der Waals surface area contributed by atoms with E-state index >= 15 is 0 Å². The molecule has 1 fully saturated rings. The van der Waals surface area contributed by atoms with E-state index in [1.54, 1.807) is 0 Å². The molecule has 0 spiro atoms. The number of rotatable bonds is 3. The minimum Gasteiger partial charge on any atom is -0.337 e. The van der Waals surface area contributed by atoms with Crippen molar-refractivity contribution in [1.82, 2.24) is 9.55 Å². The minimum atomic E-state index is 0.972. The summed E-state index contributed by atoms with van der Waals surface area (Å²) in [5, 5.41) is 0. The third-order valence-corrected chi connectivity index (χ3v) is 3.33. The van der Waals surface area contributed by atoms with Crippen LogP contribution in [0.3, 0.4) is 0 Å². The standard InChI is InChI=1S/C12H20N2/c1-2-4-6-12(5-3-1)7-9-14-10-8-13-11-14/h8,10-12H,1-7,9H2. The maximum absolute atomic E-state index is 4.07. The molecule has 0 aromatic carbocycles. The van der Waals surface area contributed by atoms with Gasteiger partial charge >= 0.3 is 0 Å². The van der Waals surface area contributed by atoms with Gasteiger partial charge in [-0.1, -0.05) is 38.5 Å². The van der Waals surface area contributed by atoms with Crippen molar-refractivity contribution >= 4 is 0 Å². The lowest BCUT2D eigenvalue weighted by molar-refractivity contribution is 0.399. The van der Waals surface area contributed by atoms with Gasteiger partial charge in [0.2, 0.25) is 0 Å². The molecule has 1 aromatic heterocycles. The number of aryl methyl sites for hydroxylation is 1. The molecule has 2 rings (SSSR count). The Bertz CT molecular complexity index is 233. The van der Waals surface area contributed by atoms with Crippen LogP contribution in [-0.2, 0) is 6.54 Å². The molecule has 1 aliphatic rings. The Kier molecular flexibility index (Phi) is 3.61. The number of hydrogen-bond donors (Lipinski definition) is 0. The molecule has 0 N–H and O–H groups in total. The molecule has 0 saturated heterocycles. The number of imidazole rings is 1. The third-order valence-electron chi connectivity index (χ3n) is 3.33. The third kappa shape index (κ3) is 2.86. The molecule has 0 bridgehead atoms. The average Bonchev–Trinajstić information content (AvgIpc) is 2.58. The molecule has 78 valence electrons. The van der Waals surface area contributed by atoms with Gasteiger partial charge in [0, 0.05) is 18.9 Å². The molecule has 2 nitrogen and oxygen atoms in total. The van der Waals surface area contributed by atoms with E-state index in [2.05, 4.69) is 15.7 Å². The fraction of sp³-hybridized carbons (Fsp3) is 0.750. The number of aromatic nitrogens is 2. The van der Waals surface area contributed by atoms with Crippen LogP contribution in [-0.4, -0.2) is 9.55 Å². The molecule has 1 heterocycles. The fourth-order valence-electron chi connectivity index (χ4n) is 2.40. The largest absolute Gasteiger partial charge is 0.337 e. The van der Waals surface area contributed by atoms with E-state index in [0.29, 0.717) is 0 Å². The van der Waals surface area contributed by atoms with E-state index in [4.69, 9.17) is 0 Å². The highest BCUT2D eigenvalue weighted by atomic mass is 15.0. The van der Waals surface area contributed by atoms with E-state index in [0.717, 1.165) is 12.5 Å². The van der Waals surface area contributed by atoms with E-state index in [1.807, 2.05) is 12.5 Å². The van der Waals surface area contributed by atoms with Gasteiger partial charge in [-0.25, -0.2) is 4.98 Å². The smallest absolute Gasteiger partial charge is 0.0945 e. The van der Waals surface area contributed by atoms with Gasteiger partial charge in [0.25, 0.3) is 0 Å². The summed E-state index contributed by atoms with van der Waals surface area (Å²) in [6.45, 7) is 1.16. The highest BCUT2D eigenvalue weighted by Crippen LogP contribution is 2.25. The van der Waals surface area contributed by atoms with E-state index in [-0.39, 0.29) is 0 Å². The van der Waals surface area contributed by atoms with Gasteiger partial charge in [0.1, 0.15) is 0 Å². The van der Waals surface area contributed by atoms with Gasteiger partial charge in [0.15, 0.2) is 0 Å². The first-order chi connectivity index (χ1) is 6.95. The first-order valence-electron chi connectivity index (χ1n) is 5.91. The van der Waals surface area contributed by atoms with Crippen LogP contribution in [0, 0.1) is 5.92 Å². The van der Waals surface area contributed by atoms with E-state index in [9.17, 15) is 0 Å². The van der Waals surface area contributed by atoms with Gasteiger partial charge in [0.05, 0.1) is 6.33 Å². The summed E-state index contributed by atoms with van der Waals surface area (Å²) in [6.07, 6.45) is 15.9. The molecule has 2 heteroatoms. The summed E-state index contributed by atoms with van der Waals surface area (Å²) >= 11 is 0. The topological polar surface area (TPSA) is 17.8 Å². The molecule has 1 aromatic rings. The van der Waals surface area contributed by atoms with Crippen LogP contribution < -0.4 is 0 Å². The Morgan fingerprint density at radius 1 is 1.14 bits per heavy atom. The summed E-state index contributed by atoms with van der Waals surface area (Å²) in [5.41, 5.74) is 0. The predicted octanol–water partition coefficient (Wildman–Crippen LogP) is 3.24. The van der Waals surface area contributed by atoms with Crippen molar-refractivity contribution in [3.8, 4) is 0 Å². The van der Waals surface area contributed by atoms with Crippen molar-refractivity contribution < 1.29 is 0 Å². The van der Waals surface area contributed by atoms with Gasteiger partial charge in [-0.2, -0.15) is 0 Å². The predicted molar refractivity (Wildman–Crippen MR) is 58.0 cm³/mol. The van der Waals surface area contributed by atoms with Crippen LogP contribution >= 0.6 is 0 Å². The summed E-state index contributed by atoms with van der Waals surface area (Å²) in [4.78, 5) is 4.07. The molecule has 0 atom stereocenters. The molecule has 14 heavy (non-hydrogen) atoms. The monoisotopic (exact) mass is 192 g/mol. The van der Waals surface area contributed by atoms with Crippen LogP contribution in [0.4, 0.5) is 0 Å². The Morgan fingerprint density at radius 3 is 2.57 bits per heavy atom. The van der Waals surface area contributed by atoms with Gasteiger partial charge in [-0.15, -0.1) is 0 Å². The van der Waals surface area contributed by atoms with Crippen LogP contribution in [0.2, 0.25) is 0 Å². The molecular weight excluding hydrogens is 172 g/mol. The Morgan fingerprint density at radius 2 is 1.93 bits per heavy atom. The normalized spacial score (nSPS) is 19.4. The van der Waals surface area contributed by atoms with Crippen molar-refractivity contribution in [2.45, 2.75) is 51.5 Å². The highest BCUT2D eigenvalue weighted by Gasteiger charge is 2.11. The summed E-state index contributed by atoms with van der Waals surface area (Å²) in [5.74, 6) is 0.972. The molecule has 1 aliphatic carbocycles. The molecular formula is C12H20N2. The van der Waals surface area contributed by atoms with Crippen molar-refractivity contribution in [3.63, 3.8) is 0 Å². The van der Waals surface area contributed by atoms with E-state index in [1.165, 1.54) is 44.9 Å². The Hall–Kier alpha value is -0.790. The summed E-state index contributed by atoms with van der Waals surface area (Å²) in [7, 11) is 0. The fourth-order valence-corrected chi connectivity index (χ4v) is 2.40. The summed E-state index contributed by atoms with van der Waals surface area (Å²) < 4.78 is 2.20. The zero-order valence-corrected chi connectivity index (χ0v) is 8.86. The Labute approximate surface area is 86.3 Å².